The summed E-state index contributed by atoms with van der Waals surface area (Å²) in [5, 5.41) is 11.8. The Labute approximate surface area is 198 Å². The van der Waals surface area contributed by atoms with E-state index in [-0.39, 0.29) is 11.8 Å². The van der Waals surface area contributed by atoms with E-state index in [1.54, 1.807) is 18.3 Å². The summed E-state index contributed by atoms with van der Waals surface area (Å²) >= 11 is 0. The number of hydrogen-bond acceptors (Lipinski definition) is 7. The third-order valence-corrected chi connectivity index (χ3v) is 8.39. The van der Waals surface area contributed by atoms with Crippen LogP contribution < -0.4 is 5.73 Å². The summed E-state index contributed by atoms with van der Waals surface area (Å²) in [7, 11) is 0. The topological polar surface area (TPSA) is 129 Å². The number of carbonyl (C=O) groups is 2. The summed E-state index contributed by atoms with van der Waals surface area (Å²) in [6.45, 7) is 2.01. The number of fused-ring (bicyclic) bond motifs is 3. The van der Waals surface area contributed by atoms with Gasteiger partial charge in [-0.1, -0.05) is 19.3 Å². The molecule has 2 aromatic heterocycles. The molecule has 0 aromatic carbocycles. The molecule has 4 fully saturated rings. The number of nitrogens with zero attached hydrogens (tertiary/aromatic N) is 3. The zero-order chi connectivity index (χ0) is 23.8. The lowest BCUT2D eigenvalue weighted by molar-refractivity contribution is -0.965. The van der Waals surface area contributed by atoms with Crippen LogP contribution in [0.5, 0.6) is 0 Å². The van der Waals surface area contributed by atoms with Crippen LogP contribution in [0.15, 0.2) is 41.6 Å². The van der Waals surface area contributed by atoms with Crippen LogP contribution in [0.25, 0.3) is 0 Å². The molecular formula is C25H33N4O5+. The molecule has 2 unspecified atom stereocenters. The highest BCUT2D eigenvalue weighted by Crippen LogP contribution is 2.45. The van der Waals surface area contributed by atoms with E-state index in [9.17, 15) is 14.7 Å². The third kappa shape index (κ3) is 3.90. The second-order valence-corrected chi connectivity index (χ2v) is 10.2. The molecule has 6 rings (SSSR count). The van der Waals surface area contributed by atoms with Crippen LogP contribution in [0.4, 0.5) is 0 Å². The number of piperidine rings is 3. The molecule has 4 aliphatic rings. The minimum absolute atomic E-state index is 0.197. The number of primary amides is 1. The second kappa shape index (κ2) is 9.11. The average molecular weight is 470 g/mol. The normalized spacial score (nSPS) is 29.8. The molecule has 1 saturated carbocycles. The van der Waals surface area contributed by atoms with Crippen molar-refractivity contribution in [1.29, 1.82) is 0 Å². The van der Waals surface area contributed by atoms with Crippen LogP contribution in [0.3, 0.4) is 0 Å². The number of ether oxygens (including phenoxy) is 1. The van der Waals surface area contributed by atoms with Crippen LogP contribution in [-0.2, 0) is 19.9 Å². The van der Waals surface area contributed by atoms with E-state index in [0.29, 0.717) is 22.3 Å². The Kier molecular flexibility index (Phi) is 6.16. The third-order valence-electron chi connectivity index (χ3n) is 8.39. The first-order chi connectivity index (χ1) is 16.4. The van der Waals surface area contributed by atoms with Crippen molar-refractivity contribution in [3.8, 4) is 0 Å². The van der Waals surface area contributed by atoms with Gasteiger partial charge in [0.25, 0.3) is 5.91 Å². The minimum atomic E-state index is -1.74. The van der Waals surface area contributed by atoms with Crippen molar-refractivity contribution in [2.45, 2.75) is 62.7 Å². The molecule has 3 atom stereocenters. The molecule has 2 aromatic rings. The molecule has 0 spiro atoms. The fourth-order valence-electron chi connectivity index (χ4n) is 6.57. The van der Waals surface area contributed by atoms with E-state index >= 15 is 0 Å². The number of nitrogens with two attached hydrogens (primary N) is 1. The van der Waals surface area contributed by atoms with E-state index in [1.807, 2.05) is 0 Å². The molecule has 3 N–H and O–H groups in total. The van der Waals surface area contributed by atoms with Crippen molar-refractivity contribution in [2.24, 2.45) is 17.6 Å². The van der Waals surface area contributed by atoms with E-state index in [2.05, 4.69) is 9.97 Å². The molecule has 34 heavy (non-hydrogen) atoms. The van der Waals surface area contributed by atoms with Gasteiger partial charge in [0.05, 0.1) is 25.6 Å². The first-order valence-electron chi connectivity index (χ1n) is 12.3. The van der Waals surface area contributed by atoms with Gasteiger partial charge in [-0.05, 0) is 25.0 Å². The Morgan fingerprint density at radius 3 is 2.56 bits per heavy atom. The number of aromatic nitrogens is 2. The molecule has 3 saturated heterocycles. The molecule has 1 aliphatic carbocycles. The molecule has 0 radical (unpaired) electrons. The van der Waals surface area contributed by atoms with Crippen LogP contribution in [0.1, 0.15) is 62.2 Å². The molecular weight excluding hydrogens is 436 g/mol. The Bertz CT molecular complexity index is 1000. The van der Waals surface area contributed by atoms with Gasteiger partial charge >= 0.3 is 5.97 Å². The Morgan fingerprint density at radius 2 is 1.94 bits per heavy atom. The highest BCUT2D eigenvalue weighted by Gasteiger charge is 2.56. The number of quaternary nitrogens is 1. The molecule has 9 heteroatoms. The van der Waals surface area contributed by atoms with E-state index in [4.69, 9.17) is 14.9 Å². The van der Waals surface area contributed by atoms with Crippen LogP contribution in [-0.4, -0.2) is 57.2 Å². The molecule has 3 aliphatic heterocycles. The molecule has 182 valence electrons. The van der Waals surface area contributed by atoms with Crippen LogP contribution >= 0.6 is 0 Å². The summed E-state index contributed by atoms with van der Waals surface area (Å²) in [6.07, 6.45) is 11.8. The predicted octanol–water partition coefficient (Wildman–Crippen LogP) is 2.22. The predicted molar refractivity (Wildman–Crippen MR) is 121 cm³/mol. The highest BCUT2D eigenvalue weighted by molar-refractivity contribution is 5.82. The number of rotatable bonds is 7. The number of aliphatic hydroxyl groups is 1. The summed E-state index contributed by atoms with van der Waals surface area (Å²) < 4.78 is 11.8. The fraction of sp³-hybridized carbons (Fsp3) is 0.600. The molecule has 5 heterocycles. The lowest BCUT2D eigenvalue weighted by atomic mass is 9.74. The Balaban J connectivity index is 1.41. The number of furan rings is 1. The van der Waals surface area contributed by atoms with Crippen molar-refractivity contribution in [3.05, 3.63) is 48.4 Å². The average Bonchev–Trinajstić information content (AvgIpc) is 3.41. The van der Waals surface area contributed by atoms with Crippen molar-refractivity contribution in [3.63, 3.8) is 0 Å². The first kappa shape index (κ1) is 23.0. The van der Waals surface area contributed by atoms with Crippen molar-refractivity contribution in [2.75, 3.05) is 19.6 Å². The number of carbonyl (C=O) groups excluding carboxylic acids is 2. The lowest BCUT2D eigenvalue weighted by Crippen LogP contribution is -2.67. The maximum atomic E-state index is 13.7. The summed E-state index contributed by atoms with van der Waals surface area (Å²) in [6, 6.07) is 2.75. The van der Waals surface area contributed by atoms with Crippen molar-refractivity contribution >= 4 is 11.9 Å². The van der Waals surface area contributed by atoms with Gasteiger partial charge in [0.1, 0.15) is 18.6 Å². The number of hydrogen-bond donors (Lipinski definition) is 2. The van der Waals surface area contributed by atoms with Crippen molar-refractivity contribution < 1.29 is 28.3 Å². The summed E-state index contributed by atoms with van der Waals surface area (Å²) in [4.78, 5) is 34.6. The Hall–Kier alpha value is -2.78. The van der Waals surface area contributed by atoms with Gasteiger partial charge in [0.15, 0.2) is 11.7 Å². The SMILES string of the molecule is NC(=O)C(c1ccncn1)[N+]12CCC(CC1)[C@@H](OC(=O)C(O)(c1ccoc1)C1CCCCC1)C2. The monoisotopic (exact) mass is 469 g/mol. The maximum absolute atomic E-state index is 13.7. The van der Waals surface area contributed by atoms with Gasteiger partial charge in [-0.2, -0.15) is 0 Å². The van der Waals surface area contributed by atoms with Gasteiger partial charge in [0.2, 0.25) is 6.04 Å². The van der Waals surface area contributed by atoms with Gasteiger partial charge in [-0.15, -0.1) is 0 Å². The van der Waals surface area contributed by atoms with Gasteiger partial charge in [-0.25, -0.2) is 14.8 Å². The lowest BCUT2D eigenvalue weighted by Gasteiger charge is -2.54. The first-order valence-corrected chi connectivity index (χ1v) is 12.3. The minimum Gasteiger partial charge on any atom is -0.472 e. The van der Waals surface area contributed by atoms with Gasteiger partial charge in [-0.3, -0.25) is 4.79 Å². The fourth-order valence-corrected chi connectivity index (χ4v) is 6.57. The van der Waals surface area contributed by atoms with Gasteiger partial charge in [0, 0.05) is 36.4 Å². The summed E-state index contributed by atoms with van der Waals surface area (Å²) in [5.41, 5.74) is 5.18. The molecule has 2 bridgehead atoms. The zero-order valence-electron chi connectivity index (χ0n) is 19.3. The quantitative estimate of drug-likeness (QED) is 0.470. The second-order valence-electron chi connectivity index (χ2n) is 10.2. The standard InChI is InChI=1S/C25H32N4O5/c26-23(30)22(20-6-10-27-16-28-20)29-11-7-17(8-12-29)21(14-29)34-24(31)25(32,19-9-13-33-15-19)18-4-2-1-3-5-18/h6,9-10,13,15-18,21-22,32H,1-5,7-8,11-12,14H2,(H-,26,30)/p+1/t17?,21-,22?,25?,29?/m0/s1. The smallest absolute Gasteiger partial charge is 0.343 e. The van der Waals surface area contributed by atoms with Gasteiger partial charge < -0.3 is 24.5 Å². The molecule has 1 amide bonds. The maximum Gasteiger partial charge on any atom is 0.343 e. The van der Waals surface area contributed by atoms with Crippen LogP contribution in [0, 0.1) is 11.8 Å². The number of esters is 1. The van der Waals surface area contributed by atoms with Crippen molar-refractivity contribution in [1.82, 2.24) is 9.97 Å². The largest absolute Gasteiger partial charge is 0.472 e. The highest BCUT2D eigenvalue weighted by atomic mass is 16.6. The zero-order valence-corrected chi connectivity index (χ0v) is 19.3. The number of amides is 1. The molecule has 9 nitrogen and oxygen atoms in total. The van der Waals surface area contributed by atoms with E-state index in [1.165, 1.54) is 18.9 Å². The van der Waals surface area contributed by atoms with E-state index < -0.39 is 29.6 Å². The Morgan fingerprint density at radius 1 is 1.18 bits per heavy atom. The van der Waals surface area contributed by atoms with Crippen LogP contribution in [0.2, 0.25) is 0 Å². The van der Waals surface area contributed by atoms with E-state index in [0.717, 1.165) is 58.0 Å². The summed E-state index contributed by atoms with van der Waals surface area (Å²) in [5.74, 6) is -1.07.